The molecule has 0 aromatic heterocycles. The number of hydrogen-bond donors (Lipinski definition) is 1. The van der Waals surface area contributed by atoms with E-state index in [0.29, 0.717) is 6.04 Å². The number of esters is 1. The van der Waals surface area contributed by atoms with E-state index in [1.165, 1.54) is 39.2 Å². The number of rotatable bonds is 6. The zero-order valence-electron chi connectivity index (χ0n) is 12.3. The van der Waals surface area contributed by atoms with Crippen LogP contribution in [0.3, 0.4) is 0 Å². The van der Waals surface area contributed by atoms with Gasteiger partial charge in [-0.15, -0.1) is 0 Å². The first-order chi connectivity index (χ1) is 8.57. The van der Waals surface area contributed by atoms with Gasteiger partial charge in [0.15, 0.2) is 0 Å². The van der Waals surface area contributed by atoms with E-state index in [2.05, 4.69) is 17.1 Å². The maximum Gasteiger partial charge on any atom is 0.327 e. The molecule has 0 aliphatic carbocycles. The summed E-state index contributed by atoms with van der Waals surface area (Å²) in [5.41, 5.74) is -0.599. The minimum Gasteiger partial charge on any atom is -0.468 e. The number of nitrogens with zero attached hydrogens (tertiary/aromatic N) is 1. The van der Waals surface area contributed by atoms with E-state index < -0.39 is 5.54 Å². The number of nitrogens with one attached hydrogen (secondary N) is 1. The Morgan fingerprint density at radius 1 is 1.50 bits per heavy atom. The predicted octanol–water partition coefficient (Wildman–Crippen LogP) is 1.79. The summed E-state index contributed by atoms with van der Waals surface area (Å²) in [4.78, 5) is 14.4. The Bertz CT molecular complexity index is 269. The molecule has 1 aliphatic heterocycles. The van der Waals surface area contributed by atoms with Gasteiger partial charge in [0.25, 0.3) is 0 Å². The highest BCUT2D eigenvalue weighted by molar-refractivity contribution is 5.80. The Morgan fingerprint density at radius 2 is 2.22 bits per heavy atom. The first-order valence-electron chi connectivity index (χ1n) is 7.08. The number of likely N-dealkylation sites (tertiary alicyclic amines) is 1. The molecule has 4 heteroatoms. The van der Waals surface area contributed by atoms with E-state index in [4.69, 9.17) is 4.74 Å². The van der Waals surface area contributed by atoms with Crippen molar-refractivity contribution < 1.29 is 9.53 Å². The maximum absolute atomic E-state index is 11.9. The van der Waals surface area contributed by atoms with E-state index in [1.807, 2.05) is 14.0 Å². The average molecular weight is 256 g/mol. The van der Waals surface area contributed by atoms with Gasteiger partial charge in [-0.05, 0) is 39.8 Å². The van der Waals surface area contributed by atoms with Gasteiger partial charge in [0.05, 0.1) is 7.11 Å². The van der Waals surface area contributed by atoms with Crippen LogP contribution < -0.4 is 5.32 Å². The largest absolute Gasteiger partial charge is 0.468 e. The molecule has 18 heavy (non-hydrogen) atoms. The Morgan fingerprint density at radius 3 is 2.78 bits per heavy atom. The second-order valence-electron chi connectivity index (χ2n) is 5.48. The molecule has 1 fully saturated rings. The van der Waals surface area contributed by atoms with Crippen molar-refractivity contribution in [1.82, 2.24) is 10.2 Å². The summed E-state index contributed by atoms with van der Waals surface area (Å²) in [6, 6.07) is 0.626. The predicted molar refractivity (Wildman–Crippen MR) is 73.6 cm³/mol. The van der Waals surface area contributed by atoms with E-state index in [9.17, 15) is 4.79 Å². The molecule has 106 valence electrons. The summed E-state index contributed by atoms with van der Waals surface area (Å²) in [5, 5.41) is 3.12. The molecule has 1 N–H and O–H groups in total. The molecular weight excluding hydrogens is 228 g/mol. The number of carbonyl (C=O) groups is 1. The highest BCUT2D eigenvalue weighted by atomic mass is 16.5. The minimum absolute atomic E-state index is 0.175. The fourth-order valence-electron chi connectivity index (χ4n) is 2.81. The molecular formula is C14H28N2O2. The van der Waals surface area contributed by atoms with E-state index >= 15 is 0 Å². The Labute approximate surface area is 111 Å². The molecule has 0 radical (unpaired) electrons. The number of piperidine rings is 1. The molecule has 0 saturated carbocycles. The van der Waals surface area contributed by atoms with Crippen molar-refractivity contribution in [2.75, 3.05) is 27.2 Å². The number of carbonyl (C=O) groups excluding carboxylic acids is 1. The molecule has 2 unspecified atom stereocenters. The van der Waals surface area contributed by atoms with Gasteiger partial charge in [0.1, 0.15) is 5.54 Å². The average Bonchev–Trinajstić information content (AvgIpc) is 2.40. The lowest BCUT2D eigenvalue weighted by atomic mass is 9.94. The summed E-state index contributed by atoms with van der Waals surface area (Å²) in [7, 11) is 3.29. The zero-order valence-corrected chi connectivity index (χ0v) is 12.3. The molecule has 0 aromatic rings. The van der Waals surface area contributed by atoms with Crippen molar-refractivity contribution in [2.45, 2.75) is 57.5 Å². The van der Waals surface area contributed by atoms with Crippen LogP contribution in [0.25, 0.3) is 0 Å². The zero-order chi connectivity index (χ0) is 13.6. The van der Waals surface area contributed by atoms with Gasteiger partial charge in [-0.25, -0.2) is 0 Å². The molecule has 1 heterocycles. The fourth-order valence-corrected chi connectivity index (χ4v) is 2.81. The van der Waals surface area contributed by atoms with Crippen LogP contribution in [-0.4, -0.2) is 49.7 Å². The molecule has 0 spiro atoms. The Balaban J connectivity index is 2.69. The van der Waals surface area contributed by atoms with Gasteiger partial charge in [-0.2, -0.15) is 0 Å². The number of ether oxygens (including phenoxy) is 1. The molecule has 2 atom stereocenters. The second kappa shape index (κ2) is 7.10. The van der Waals surface area contributed by atoms with E-state index in [1.54, 1.807) is 0 Å². The molecule has 0 bridgehead atoms. The summed E-state index contributed by atoms with van der Waals surface area (Å²) in [6.07, 6.45) is 6.24. The standard InChI is InChI=1S/C14H28N2O2/c1-5-8-12-9-6-7-10-16(12)11-14(2,15-3)13(17)18-4/h12,15H,5-11H2,1-4H3. The Hall–Kier alpha value is -0.610. The van der Waals surface area contributed by atoms with Crippen molar-refractivity contribution in [3.63, 3.8) is 0 Å². The first-order valence-corrected chi connectivity index (χ1v) is 7.08. The van der Waals surface area contributed by atoms with Crippen molar-refractivity contribution in [1.29, 1.82) is 0 Å². The SMILES string of the molecule is CCCC1CCCCN1CC(C)(NC)C(=O)OC. The summed E-state index contributed by atoms with van der Waals surface area (Å²) in [5.74, 6) is -0.175. The lowest BCUT2D eigenvalue weighted by Gasteiger charge is -2.40. The first kappa shape index (κ1) is 15.4. The highest BCUT2D eigenvalue weighted by Crippen LogP contribution is 2.23. The molecule has 1 rings (SSSR count). The quantitative estimate of drug-likeness (QED) is 0.736. The summed E-state index contributed by atoms with van der Waals surface area (Å²) < 4.78 is 4.91. The van der Waals surface area contributed by atoms with E-state index in [0.717, 1.165) is 13.1 Å². The molecule has 1 aliphatic rings. The van der Waals surface area contributed by atoms with E-state index in [-0.39, 0.29) is 5.97 Å². The Kier molecular flexibility index (Phi) is 6.09. The highest BCUT2D eigenvalue weighted by Gasteiger charge is 2.37. The maximum atomic E-state index is 11.9. The minimum atomic E-state index is -0.599. The van der Waals surface area contributed by atoms with Crippen LogP contribution in [0.15, 0.2) is 0 Å². The van der Waals surface area contributed by atoms with Crippen LogP contribution >= 0.6 is 0 Å². The van der Waals surface area contributed by atoms with Crippen molar-refractivity contribution in [3.8, 4) is 0 Å². The van der Waals surface area contributed by atoms with Crippen molar-refractivity contribution in [2.24, 2.45) is 0 Å². The number of likely N-dealkylation sites (N-methyl/N-ethyl adjacent to an activating group) is 1. The monoisotopic (exact) mass is 256 g/mol. The smallest absolute Gasteiger partial charge is 0.327 e. The summed E-state index contributed by atoms with van der Waals surface area (Å²) in [6.45, 7) is 5.99. The van der Waals surface area contributed by atoms with Gasteiger partial charge >= 0.3 is 5.97 Å². The lowest BCUT2D eigenvalue weighted by Crippen LogP contribution is -2.58. The topological polar surface area (TPSA) is 41.6 Å². The van der Waals surface area contributed by atoms with Gasteiger partial charge in [-0.3, -0.25) is 9.69 Å². The molecule has 1 saturated heterocycles. The van der Waals surface area contributed by atoms with Crippen molar-refractivity contribution in [3.05, 3.63) is 0 Å². The fraction of sp³-hybridized carbons (Fsp3) is 0.929. The van der Waals surface area contributed by atoms with Gasteiger partial charge in [0.2, 0.25) is 0 Å². The lowest BCUT2D eigenvalue weighted by molar-refractivity contribution is -0.149. The molecule has 4 nitrogen and oxygen atoms in total. The van der Waals surface area contributed by atoms with Gasteiger partial charge in [0, 0.05) is 12.6 Å². The van der Waals surface area contributed by atoms with Crippen LogP contribution in [0.2, 0.25) is 0 Å². The van der Waals surface area contributed by atoms with Crippen LogP contribution in [0.5, 0.6) is 0 Å². The van der Waals surface area contributed by atoms with Crippen LogP contribution in [0, 0.1) is 0 Å². The second-order valence-corrected chi connectivity index (χ2v) is 5.48. The number of hydrogen-bond acceptors (Lipinski definition) is 4. The summed E-state index contributed by atoms with van der Waals surface area (Å²) >= 11 is 0. The normalized spacial score (nSPS) is 24.6. The molecule has 0 amide bonds. The van der Waals surface area contributed by atoms with Gasteiger partial charge in [-0.1, -0.05) is 19.8 Å². The van der Waals surface area contributed by atoms with Crippen LogP contribution in [-0.2, 0) is 9.53 Å². The van der Waals surface area contributed by atoms with Crippen molar-refractivity contribution >= 4 is 5.97 Å². The van der Waals surface area contributed by atoms with Crippen LogP contribution in [0.1, 0.15) is 46.0 Å². The third kappa shape index (κ3) is 3.69. The van der Waals surface area contributed by atoms with Crippen LogP contribution in [0.4, 0.5) is 0 Å². The van der Waals surface area contributed by atoms with Gasteiger partial charge < -0.3 is 10.1 Å². The number of methoxy groups -OCH3 is 1. The molecule has 0 aromatic carbocycles. The third-order valence-corrected chi connectivity index (χ3v) is 4.08. The third-order valence-electron chi connectivity index (χ3n) is 4.08.